The first kappa shape index (κ1) is 14.3. The quantitative estimate of drug-likeness (QED) is 0.709. The molecule has 4 nitrogen and oxygen atoms in total. The SMILES string of the molecule is CCNc1nc(Oc2ccccc2Br)c2cc(C)sc2n1. The molecule has 0 radical (unpaired) electrons. The number of rotatable bonds is 4. The van der Waals surface area contributed by atoms with Crippen molar-refractivity contribution in [1.29, 1.82) is 0 Å². The van der Waals surface area contributed by atoms with Crippen LogP contribution in [0.15, 0.2) is 34.8 Å². The molecule has 0 bridgehead atoms. The van der Waals surface area contributed by atoms with Crippen molar-refractivity contribution in [2.75, 3.05) is 11.9 Å². The second-order valence-electron chi connectivity index (χ2n) is 4.49. The number of nitrogens with zero attached hydrogens (tertiary/aromatic N) is 2. The van der Waals surface area contributed by atoms with Gasteiger partial charge in [0.05, 0.1) is 9.86 Å². The molecule has 0 amide bonds. The van der Waals surface area contributed by atoms with E-state index in [4.69, 9.17) is 4.74 Å². The van der Waals surface area contributed by atoms with Crippen molar-refractivity contribution in [3.63, 3.8) is 0 Å². The number of nitrogens with one attached hydrogen (secondary N) is 1. The number of aromatic nitrogens is 2. The van der Waals surface area contributed by atoms with Crippen LogP contribution in [0, 0.1) is 6.92 Å². The lowest BCUT2D eigenvalue weighted by Gasteiger charge is -2.09. The van der Waals surface area contributed by atoms with Gasteiger partial charge in [-0.1, -0.05) is 12.1 Å². The maximum absolute atomic E-state index is 5.99. The summed E-state index contributed by atoms with van der Waals surface area (Å²) in [5.41, 5.74) is 0. The molecule has 1 aromatic carbocycles. The summed E-state index contributed by atoms with van der Waals surface area (Å²) >= 11 is 5.13. The number of hydrogen-bond donors (Lipinski definition) is 1. The predicted molar refractivity (Wildman–Crippen MR) is 90.5 cm³/mol. The Morgan fingerprint density at radius 1 is 1.29 bits per heavy atom. The highest BCUT2D eigenvalue weighted by Crippen LogP contribution is 2.35. The van der Waals surface area contributed by atoms with Gasteiger partial charge in [-0.2, -0.15) is 4.98 Å². The van der Waals surface area contributed by atoms with E-state index in [1.807, 2.05) is 31.2 Å². The van der Waals surface area contributed by atoms with Gasteiger partial charge < -0.3 is 10.1 Å². The summed E-state index contributed by atoms with van der Waals surface area (Å²) in [5.74, 6) is 1.91. The van der Waals surface area contributed by atoms with E-state index in [2.05, 4.69) is 44.2 Å². The minimum atomic E-state index is 0.576. The van der Waals surface area contributed by atoms with Crippen LogP contribution in [0.4, 0.5) is 5.95 Å². The predicted octanol–water partition coefficient (Wildman–Crippen LogP) is 4.99. The fourth-order valence-corrected chi connectivity index (χ4v) is 3.20. The molecular weight excluding hydrogens is 350 g/mol. The van der Waals surface area contributed by atoms with E-state index in [9.17, 15) is 0 Å². The van der Waals surface area contributed by atoms with Crippen LogP contribution in [0.3, 0.4) is 0 Å². The fourth-order valence-electron chi connectivity index (χ4n) is 1.96. The van der Waals surface area contributed by atoms with E-state index in [1.165, 1.54) is 4.88 Å². The fraction of sp³-hybridized carbons (Fsp3) is 0.200. The van der Waals surface area contributed by atoms with Gasteiger partial charge in [0.25, 0.3) is 0 Å². The maximum Gasteiger partial charge on any atom is 0.232 e. The molecule has 21 heavy (non-hydrogen) atoms. The summed E-state index contributed by atoms with van der Waals surface area (Å²) in [6, 6.07) is 9.79. The van der Waals surface area contributed by atoms with Gasteiger partial charge in [0, 0.05) is 11.4 Å². The highest BCUT2D eigenvalue weighted by Gasteiger charge is 2.13. The third kappa shape index (κ3) is 3.01. The third-order valence-corrected chi connectivity index (χ3v) is 4.46. The largest absolute Gasteiger partial charge is 0.437 e. The van der Waals surface area contributed by atoms with E-state index in [-0.39, 0.29) is 0 Å². The molecule has 6 heteroatoms. The van der Waals surface area contributed by atoms with Crippen LogP contribution in [0.1, 0.15) is 11.8 Å². The number of halogens is 1. The van der Waals surface area contributed by atoms with Crippen molar-refractivity contribution in [3.05, 3.63) is 39.7 Å². The standard InChI is InChI=1S/C15H14BrN3OS/c1-3-17-15-18-13(10-8-9(2)21-14(10)19-15)20-12-7-5-4-6-11(12)16/h4-8H,3H2,1-2H3,(H,17,18,19). The minimum Gasteiger partial charge on any atom is -0.437 e. The topological polar surface area (TPSA) is 47.0 Å². The Morgan fingerprint density at radius 3 is 2.86 bits per heavy atom. The normalized spacial score (nSPS) is 10.8. The molecule has 0 aliphatic heterocycles. The number of fused-ring (bicyclic) bond motifs is 1. The summed E-state index contributed by atoms with van der Waals surface area (Å²) in [6.07, 6.45) is 0. The molecule has 0 saturated carbocycles. The number of benzene rings is 1. The molecule has 2 aromatic heterocycles. The van der Waals surface area contributed by atoms with Gasteiger partial charge in [-0.15, -0.1) is 11.3 Å². The molecule has 0 saturated heterocycles. The average Bonchev–Trinajstić information content (AvgIpc) is 2.82. The monoisotopic (exact) mass is 363 g/mol. The first-order valence-electron chi connectivity index (χ1n) is 6.62. The van der Waals surface area contributed by atoms with Gasteiger partial charge in [0.1, 0.15) is 10.6 Å². The first-order chi connectivity index (χ1) is 10.2. The van der Waals surface area contributed by atoms with E-state index in [0.717, 1.165) is 27.0 Å². The molecule has 0 aliphatic carbocycles. The van der Waals surface area contributed by atoms with Crippen LogP contribution >= 0.6 is 27.3 Å². The van der Waals surface area contributed by atoms with Gasteiger partial charge in [-0.3, -0.25) is 0 Å². The highest BCUT2D eigenvalue weighted by atomic mass is 79.9. The number of thiophene rings is 1. The van der Waals surface area contributed by atoms with Crippen LogP contribution in [-0.2, 0) is 0 Å². The summed E-state index contributed by atoms with van der Waals surface area (Å²) in [7, 11) is 0. The lowest BCUT2D eigenvalue weighted by atomic mass is 10.3. The van der Waals surface area contributed by atoms with E-state index < -0.39 is 0 Å². The van der Waals surface area contributed by atoms with E-state index in [0.29, 0.717) is 11.8 Å². The maximum atomic E-state index is 5.99. The summed E-state index contributed by atoms with van der Waals surface area (Å²) < 4.78 is 6.89. The Balaban J connectivity index is 2.09. The second kappa shape index (κ2) is 5.99. The molecule has 0 spiro atoms. The van der Waals surface area contributed by atoms with Crippen LogP contribution in [0.25, 0.3) is 10.2 Å². The molecule has 0 atom stereocenters. The Kier molecular flexibility index (Phi) is 4.07. The molecule has 2 heterocycles. The van der Waals surface area contributed by atoms with Crippen LogP contribution in [-0.4, -0.2) is 16.5 Å². The summed E-state index contributed by atoms with van der Waals surface area (Å²) in [5, 5.41) is 4.08. The van der Waals surface area contributed by atoms with Crippen molar-refractivity contribution in [2.45, 2.75) is 13.8 Å². The highest BCUT2D eigenvalue weighted by molar-refractivity contribution is 9.10. The molecule has 108 valence electrons. The van der Waals surface area contributed by atoms with Crippen molar-refractivity contribution in [1.82, 2.24) is 9.97 Å². The number of anilines is 1. The lowest BCUT2D eigenvalue weighted by molar-refractivity contribution is 0.466. The van der Waals surface area contributed by atoms with Crippen molar-refractivity contribution in [3.8, 4) is 11.6 Å². The molecule has 0 unspecified atom stereocenters. The Bertz CT molecular complexity index is 788. The zero-order valence-corrected chi connectivity index (χ0v) is 14.1. The number of ether oxygens (including phenoxy) is 1. The molecule has 3 aromatic rings. The van der Waals surface area contributed by atoms with Gasteiger partial charge in [-0.05, 0) is 48.0 Å². The second-order valence-corrected chi connectivity index (χ2v) is 6.58. The van der Waals surface area contributed by atoms with Crippen molar-refractivity contribution >= 4 is 43.4 Å². The van der Waals surface area contributed by atoms with Crippen molar-refractivity contribution in [2.24, 2.45) is 0 Å². The van der Waals surface area contributed by atoms with E-state index >= 15 is 0 Å². The van der Waals surface area contributed by atoms with Crippen molar-refractivity contribution < 1.29 is 4.74 Å². The molecule has 1 N–H and O–H groups in total. The average molecular weight is 364 g/mol. The Labute approximate surface area is 135 Å². The van der Waals surface area contributed by atoms with Crippen LogP contribution < -0.4 is 10.1 Å². The van der Waals surface area contributed by atoms with Gasteiger partial charge in [0.2, 0.25) is 11.8 Å². The van der Waals surface area contributed by atoms with Crippen LogP contribution in [0.2, 0.25) is 0 Å². The molecular formula is C15H14BrN3OS. The van der Waals surface area contributed by atoms with Crippen LogP contribution in [0.5, 0.6) is 11.6 Å². The van der Waals surface area contributed by atoms with Gasteiger partial charge >= 0.3 is 0 Å². The zero-order chi connectivity index (χ0) is 14.8. The Hall–Kier alpha value is -1.66. The third-order valence-electron chi connectivity index (χ3n) is 2.86. The number of para-hydroxylation sites is 1. The van der Waals surface area contributed by atoms with E-state index in [1.54, 1.807) is 11.3 Å². The minimum absolute atomic E-state index is 0.576. The molecule has 3 rings (SSSR count). The van der Waals surface area contributed by atoms with Gasteiger partial charge in [0.15, 0.2) is 0 Å². The first-order valence-corrected chi connectivity index (χ1v) is 8.22. The number of hydrogen-bond acceptors (Lipinski definition) is 5. The lowest BCUT2D eigenvalue weighted by Crippen LogP contribution is -2.03. The summed E-state index contributed by atoms with van der Waals surface area (Å²) in [4.78, 5) is 11.1. The molecule has 0 fully saturated rings. The molecule has 0 aliphatic rings. The van der Waals surface area contributed by atoms with Gasteiger partial charge in [-0.25, -0.2) is 4.98 Å². The zero-order valence-electron chi connectivity index (χ0n) is 11.7. The Morgan fingerprint density at radius 2 is 2.10 bits per heavy atom. The number of aryl methyl sites for hydroxylation is 1. The summed E-state index contributed by atoms with van der Waals surface area (Å²) in [6.45, 7) is 4.84. The smallest absolute Gasteiger partial charge is 0.232 e.